The number of nitrogens with two attached hydrogens (primary N) is 1. The van der Waals surface area contributed by atoms with Crippen LogP contribution in [0.25, 0.3) is 0 Å². The summed E-state index contributed by atoms with van der Waals surface area (Å²) in [5, 5.41) is 0. The van der Waals surface area contributed by atoms with Crippen molar-refractivity contribution >= 4 is 5.96 Å². The smallest absolute Gasteiger partial charge is 0.191 e. The lowest BCUT2D eigenvalue weighted by atomic mass is 9.98. The van der Waals surface area contributed by atoms with Gasteiger partial charge in [-0.25, -0.2) is 0 Å². The number of aliphatic imine (C=N–C) groups is 1. The van der Waals surface area contributed by atoms with Crippen LogP contribution in [0.2, 0.25) is 0 Å². The summed E-state index contributed by atoms with van der Waals surface area (Å²) in [4.78, 5) is 10.8. The highest BCUT2D eigenvalue weighted by atomic mass is 15.3. The number of pyridine rings is 1. The number of guanidine groups is 1. The standard InChI is InChI=1S/C14H22N4/c1-3-11(2)13-10-17-14(15)18(13)8-6-12-5-4-7-16-9-12/h4-5,7,9,11,13H,3,6,8,10H2,1-2H3,(H2,15,17)/t11-,13?/m1/s1. The molecule has 4 heteroatoms. The van der Waals surface area contributed by atoms with Crippen LogP contribution in [0.15, 0.2) is 29.5 Å². The first-order chi connectivity index (χ1) is 8.72. The Morgan fingerprint density at radius 1 is 1.56 bits per heavy atom. The molecule has 2 N–H and O–H groups in total. The molecule has 0 saturated carbocycles. The third-order valence-electron chi connectivity index (χ3n) is 3.80. The summed E-state index contributed by atoms with van der Waals surface area (Å²) in [6, 6.07) is 4.55. The van der Waals surface area contributed by atoms with E-state index in [-0.39, 0.29) is 0 Å². The average Bonchev–Trinajstić information content (AvgIpc) is 2.78. The number of rotatable bonds is 5. The quantitative estimate of drug-likeness (QED) is 0.860. The Bertz CT molecular complexity index is 402. The molecule has 1 aliphatic rings. The van der Waals surface area contributed by atoms with Crippen molar-refractivity contribution in [1.82, 2.24) is 9.88 Å². The van der Waals surface area contributed by atoms with E-state index in [1.165, 1.54) is 5.56 Å². The second kappa shape index (κ2) is 5.85. The minimum absolute atomic E-state index is 0.465. The van der Waals surface area contributed by atoms with Crippen molar-refractivity contribution in [3.63, 3.8) is 0 Å². The normalized spacial score (nSPS) is 20.9. The highest BCUT2D eigenvalue weighted by molar-refractivity contribution is 5.80. The van der Waals surface area contributed by atoms with Gasteiger partial charge in [-0.3, -0.25) is 9.98 Å². The highest BCUT2D eigenvalue weighted by Crippen LogP contribution is 2.19. The summed E-state index contributed by atoms with van der Waals surface area (Å²) < 4.78 is 0. The molecule has 0 fully saturated rings. The van der Waals surface area contributed by atoms with Crippen LogP contribution < -0.4 is 5.73 Å². The minimum Gasteiger partial charge on any atom is -0.370 e. The molecular weight excluding hydrogens is 224 g/mol. The molecule has 0 saturated heterocycles. The zero-order valence-electron chi connectivity index (χ0n) is 11.2. The van der Waals surface area contributed by atoms with Gasteiger partial charge in [0.15, 0.2) is 5.96 Å². The van der Waals surface area contributed by atoms with Crippen molar-refractivity contribution in [1.29, 1.82) is 0 Å². The molecule has 0 bridgehead atoms. The van der Waals surface area contributed by atoms with Crippen molar-refractivity contribution in [2.24, 2.45) is 16.6 Å². The maximum Gasteiger partial charge on any atom is 0.191 e. The first-order valence-corrected chi connectivity index (χ1v) is 6.67. The fraction of sp³-hybridized carbons (Fsp3) is 0.571. The molecule has 0 aromatic carbocycles. The first-order valence-electron chi connectivity index (χ1n) is 6.67. The SMILES string of the molecule is CC[C@@H](C)C1CN=C(N)N1CCc1cccnc1. The minimum atomic E-state index is 0.465. The van der Waals surface area contributed by atoms with E-state index in [4.69, 9.17) is 5.73 Å². The van der Waals surface area contributed by atoms with Crippen LogP contribution in [0.4, 0.5) is 0 Å². The largest absolute Gasteiger partial charge is 0.370 e. The highest BCUT2D eigenvalue weighted by Gasteiger charge is 2.29. The molecule has 2 atom stereocenters. The van der Waals surface area contributed by atoms with E-state index in [2.05, 4.69) is 34.8 Å². The second-order valence-electron chi connectivity index (χ2n) is 4.96. The number of hydrogen-bond donors (Lipinski definition) is 1. The van der Waals surface area contributed by atoms with E-state index >= 15 is 0 Å². The van der Waals surface area contributed by atoms with Gasteiger partial charge in [-0.05, 0) is 24.0 Å². The topological polar surface area (TPSA) is 54.5 Å². The predicted molar refractivity (Wildman–Crippen MR) is 74.4 cm³/mol. The maximum atomic E-state index is 5.99. The number of nitrogens with zero attached hydrogens (tertiary/aromatic N) is 3. The van der Waals surface area contributed by atoms with Gasteiger partial charge in [0.1, 0.15) is 0 Å². The van der Waals surface area contributed by atoms with E-state index in [9.17, 15) is 0 Å². The van der Waals surface area contributed by atoms with E-state index in [1.54, 1.807) is 6.20 Å². The Morgan fingerprint density at radius 2 is 2.39 bits per heavy atom. The Labute approximate surface area is 109 Å². The summed E-state index contributed by atoms with van der Waals surface area (Å²) in [5.41, 5.74) is 7.24. The Morgan fingerprint density at radius 3 is 3.06 bits per heavy atom. The predicted octanol–water partition coefficient (Wildman–Crippen LogP) is 1.67. The molecular formula is C14H22N4. The monoisotopic (exact) mass is 246 g/mol. The van der Waals surface area contributed by atoms with E-state index in [0.717, 1.165) is 25.9 Å². The lowest BCUT2D eigenvalue weighted by Gasteiger charge is -2.30. The van der Waals surface area contributed by atoms with Gasteiger partial charge in [0.05, 0.1) is 12.6 Å². The average molecular weight is 246 g/mol. The molecule has 0 spiro atoms. The van der Waals surface area contributed by atoms with Crippen LogP contribution in [0.3, 0.4) is 0 Å². The summed E-state index contributed by atoms with van der Waals surface area (Å²) in [5.74, 6) is 1.33. The summed E-state index contributed by atoms with van der Waals surface area (Å²) in [6.07, 6.45) is 5.85. The van der Waals surface area contributed by atoms with Crippen LogP contribution in [0, 0.1) is 5.92 Å². The van der Waals surface area contributed by atoms with E-state index in [0.29, 0.717) is 17.9 Å². The molecule has 2 rings (SSSR count). The molecule has 1 aromatic heterocycles. The third kappa shape index (κ3) is 2.81. The Kier molecular flexibility index (Phi) is 4.18. The van der Waals surface area contributed by atoms with Gasteiger partial charge >= 0.3 is 0 Å². The van der Waals surface area contributed by atoms with Gasteiger partial charge in [0, 0.05) is 18.9 Å². The van der Waals surface area contributed by atoms with Crippen LogP contribution >= 0.6 is 0 Å². The van der Waals surface area contributed by atoms with Crippen LogP contribution in [-0.2, 0) is 6.42 Å². The zero-order chi connectivity index (χ0) is 13.0. The van der Waals surface area contributed by atoms with Gasteiger partial charge in [-0.2, -0.15) is 0 Å². The molecule has 1 unspecified atom stereocenters. The van der Waals surface area contributed by atoms with E-state index in [1.807, 2.05) is 12.3 Å². The molecule has 4 nitrogen and oxygen atoms in total. The maximum absolute atomic E-state index is 5.99. The van der Waals surface area contributed by atoms with E-state index < -0.39 is 0 Å². The summed E-state index contributed by atoms with van der Waals surface area (Å²) in [6.45, 7) is 6.26. The summed E-state index contributed by atoms with van der Waals surface area (Å²) in [7, 11) is 0. The van der Waals surface area contributed by atoms with Gasteiger partial charge < -0.3 is 10.6 Å². The van der Waals surface area contributed by atoms with Crippen molar-refractivity contribution in [3.8, 4) is 0 Å². The van der Waals surface area contributed by atoms with Crippen molar-refractivity contribution in [2.75, 3.05) is 13.1 Å². The molecule has 98 valence electrons. The fourth-order valence-corrected chi connectivity index (χ4v) is 2.38. The third-order valence-corrected chi connectivity index (χ3v) is 3.80. The molecule has 0 aliphatic carbocycles. The Hall–Kier alpha value is -1.58. The van der Waals surface area contributed by atoms with Gasteiger partial charge in [-0.15, -0.1) is 0 Å². The van der Waals surface area contributed by atoms with Crippen LogP contribution in [0.1, 0.15) is 25.8 Å². The van der Waals surface area contributed by atoms with Crippen LogP contribution in [-0.4, -0.2) is 35.0 Å². The molecule has 1 aliphatic heterocycles. The lowest BCUT2D eigenvalue weighted by Crippen LogP contribution is -2.44. The summed E-state index contributed by atoms with van der Waals surface area (Å²) >= 11 is 0. The lowest BCUT2D eigenvalue weighted by molar-refractivity contribution is 0.259. The van der Waals surface area contributed by atoms with Crippen molar-refractivity contribution in [3.05, 3.63) is 30.1 Å². The molecule has 1 aromatic rings. The zero-order valence-corrected chi connectivity index (χ0v) is 11.2. The molecule has 18 heavy (non-hydrogen) atoms. The van der Waals surface area contributed by atoms with Crippen molar-refractivity contribution < 1.29 is 0 Å². The number of aromatic nitrogens is 1. The van der Waals surface area contributed by atoms with Gasteiger partial charge in [0.25, 0.3) is 0 Å². The number of hydrogen-bond acceptors (Lipinski definition) is 4. The molecule has 0 radical (unpaired) electrons. The second-order valence-corrected chi connectivity index (χ2v) is 4.96. The fourth-order valence-electron chi connectivity index (χ4n) is 2.38. The molecule has 2 heterocycles. The van der Waals surface area contributed by atoms with Gasteiger partial charge in [0.2, 0.25) is 0 Å². The van der Waals surface area contributed by atoms with Crippen molar-refractivity contribution in [2.45, 2.75) is 32.7 Å². The first kappa shape index (κ1) is 12.9. The molecule has 0 amide bonds. The van der Waals surface area contributed by atoms with Gasteiger partial charge in [-0.1, -0.05) is 26.3 Å². The Balaban J connectivity index is 1.96. The van der Waals surface area contributed by atoms with Crippen LogP contribution in [0.5, 0.6) is 0 Å².